The third kappa shape index (κ3) is 2.37. The van der Waals surface area contributed by atoms with Gasteiger partial charge in [0, 0.05) is 6.54 Å². The van der Waals surface area contributed by atoms with E-state index in [1.807, 2.05) is 13.0 Å². The molecule has 6 nitrogen and oxygen atoms in total. The van der Waals surface area contributed by atoms with Crippen molar-refractivity contribution in [3.8, 4) is 6.07 Å². The second-order valence-electron chi connectivity index (χ2n) is 4.34. The Labute approximate surface area is 105 Å². The summed E-state index contributed by atoms with van der Waals surface area (Å²) in [6, 6.07) is 5.06. The number of nitrogens with one attached hydrogen (secondary N) is 1. The molecule has 1 aliphatic heterocycles. The smallest absolute Gasteiger partial charge is 0.270 e. The van der Waals surface area contributed by atoms with Crippen LogP contribution in [0.25, 0.3) is 0 Å². The summed E-state index contributed by atoms with van der Waals surface area (Å²) in [5.74, 6) is -0.175. The number of morpholine rings is 1. The SMILES string of the molecule is CC1COC(CO)CN1C(=O)c1ccc(C#N)[nH]1. The van der Waals surface area contributed by atoms with E-state index >= 15 is 0 Å². The number of aliphatic hydroxyl groups is 1. The monoisotopic (exact) mass is 249 g/mol. The van der Waals surface area contributed by atoms with Gasteiger partial charge in [-0.3, -0.25) is 4.79 Å². The highest BCUT2D eigenvalue weighted by molar-refractivity contribution is 5.93. The second kappa shape index (κ2) is 5.21. The maximum absolute atomic E-state index is 12.2. The van der Waals surface area contributed by atoms with Gasteiger partial charge >= 0.3 is 0 Å². The molecular weight excluding hydrogens is 234 g/mol. The molecule has 2 N–H and O–H groups in total. The summed E-state index contributed by atoms with van der Waals surface area (Å²) < 4.78 is 5.38. The van der Waals surface area contributed by atoms with Gasteiger partial charge in [0.25, 0.3) is 5.91 Å². The Hall–Kier alpha value is -1.84. The number of aromatic nitrogens is 1. The van der Waals surface area contributed by atoms with Gasteiger partial charge in [-0.25, -0.2) is 0 Å². The summed E-state index contributed by atoms with van der Waals surface area (Å²) in [5.41, 5.74) is 0.745. The zero-order chi connectivity index (χ0) is 13.1. The predicted octanol–water partition coefficient (Wildman–Crippen LogP) is 0.108. The molecule has 1 aromatic rings. The van der Waals surface area contributed by atoms with Gasteiger partial charge < -0.3 is 19.7 Å². The number of rotatable bonds is 2. The lowest BCUT2D eigenvalue weighted by molar-refractivity contribution is -0.0668. The van der Waals surface area contributed by atoms with Crippen LogP contribution in [0.4, 0.5) is 0 Å². The van der Waals surface area contributed by atoms with Crippen LogP contribution in [-0.4, -0.2) is 52.8 Å². The highest BCUT2D eigenvalue weighted by Crippen LogP contribution is 2.15. The number of aliphatic hydroxyl groups excluding tert-OH is 1. The Morgan fingerprint density at radius 1 is 1.72 bits per heavy atom. The maximum atomic E-state index is 12.2. The molecule has 1 aromatic heterocycles. The van der Waals surface area contributed by atoms with Gasteiger partial charge in [0.2, 0.25) is 0 Å². The zero-order valence-electron chi connectivity index (χ0n) is 10.1. The number of carbonyl (C=O) groups excluding carboxylic acids is 1. The molecule has 0 radical (unpaired) electrons. The van der Waals surface area contributed by atoms with Crippen LogP contribution in [-0.2, 0) is 4.74 Å². The molecule has 0 aromatic carbocycles. The molecule has 0 spiro atoms. The number of aromatic amines is 1. The van der Waals surface area contributed by atoms with Crippen LogP contribution >= 0.6 is 0 Å². The molecular formula is C12H15N3O3. The van der Waals surface area contributed by atoms with Gasteiger partial charge in [0.1, 0.15) is 17.5 Å². The van der Waals surface area contributed by atoms with Crippen LogP contribution in [0.15, 0.2) is 12.1 Å². The molecule has 18 heavy (non-hydrogen) atoms. The molecule has 1 aliphatic rings. The van der Waals surface area contributed by atoms with Crippen molar-refractivity contribution in [3.63, 3.8) is 0 Å². The number of H-pyrrole nitrogens is 1. The summed E-state index contributed by atoms with van der Waals surface area (Å²) >= 11 is 0. The third-order valence-corrected chi connectivity index (χ3v) is 3.01. The average Bonchev–Trinajstić information content (AvgIpc) is 2.87. The number of hydrogen-bond acceptors (Lipinski definition) is 4. The van der Waals surface area contributed by atoms with Crippen LogP contribution in [0.3, 0.4) is 0 Å². The van der Waals surface area contributed by atoms with Gasteiger partial charge in [0.05, 0.1) is 25.4 Å². The van der Waals surface area contributed by atoms with Gasteiger partial charge in [-0.2, -0.15) is 5.26 Å². The van der Waals surface area contributed by atoms with Gasteiger partial charge in [-0.15, -0.1) is 0 Å². The van der Waals surface area contributed by atoms with E-state index in [2.05, 4.69) is 4.98 Å². The van der Waals surface area contributed by atoms with Crippen molar-refractivity contribution in [1.29, 1.82) is 5.26 Å². The van der Waals surface area contributed by atoms with E-state index in [0.29, 0.717) is 24.5 Å². The number of ether oxygens (including phenoxy) is 1. The van der Waals surface area contributed by atoms with E-state index in [9.17, 15) is 4.79 Å². The van der Waals surface area contributed by atoms with Gasteiger partial charge in [-0.1, -0.05) is 0 Å². The van der Waals surface area contributed by atoms with Crippen molar-refractivity contribution < 1.29 is 14.6 Å². The van der Waals surface area contributed by atoms with Crippen molar-refractivity contribution >= 4 is 5.91 Å². The normalized spacial score (nSPS) is 23.7. The number of amides is 1. The number of hydrogen-bond donors (Lipinski definition) is 2. The fourth-order valence-electron chi connectivity index (χ4n) is 1.95. The Kier molecular flexibility index (Phi) is 3.65. The first-order valence-corrected chi connectivity index (χ1v) is 5.78. The quantitative estimate of drug-likeness (QED) is 0.778. The van der Waals surface area contributed by atoms with Crippen molar-refractivity contribution in [3.05, 3.63) is 23.5 Å². The largest absolute Gasteiger partial charge is 0.394 e. The van der Waals surface area contributed by atoms with E-state index < -0.39 is 0 Å². The summed E-state index contributed by atoms with van der Waals surface area (Å²) in [6.07, 6.45) is -0.337. The first-order valence-electron chi connectivity index (χ1n) is 5.78. The Morgan fingerprint density at radius 2 is 2.50 bits per heavy atom. The van der Waals surface area contributed by atoms with Crippen LogP contribution in [0.1, 0.15) is 23.1 Å². The first-order chi connectivity index (χ1) is 8.65. The fourth-order valence-corrected chi connectivity index (χ4v) is 1.95. The van der Waals surface area contributed by atoms with Crippen LogP contribution in [0.2, 0.25) is 0 Å². The van der Waals surface area contributed by atoms with E-state index in [-0.39, 0.29) is 24.7 Å². The lowest BCUT2D eigenvalue weighted by Crippen LogP contribution is -2.52. The number of carbonyl (C=O) groups is 1. The number of nitrogens with zero attached hydrogens (tertiary/aromatic N) is 2. The molecule has 0 saturated carbocycles. The molecule has 2 rings (SSSR count). The molecule has 0 bridgehead atoms. The molecule has 2 heterocycles. The number of nitriles is 1. The fraction of sp³-hybridized carbons (Fsp3) is 0.500. The van der Waals surface area contributed by atoms with E-state index in [1.165, 1.54) is 0 Å². The van der Waals surface area contributed by atoms with Gasteiger partial charge in [0.15, 0.2) is 0 Å². The molecule has 0 aliphatic carbocycles. The Balaban J connectivity index is 2.14. The summed E-state index contributed by atoms with van der Waals surface area (Å²) in [4.78, 5) is 16.7. The third-order valence-electron chi connectivity index (χ3n) is 3.01. The second-order valence-corrected chi connectivity index (χ2v) is 4.34. The molecule has 2 unspecified atom stereocenters. The zero-order valence-corrected chi connectivity index (χ0v) is 10.1. The predicted molar refractivity (Wildman–Crippen MR) is 62.8 cm³/mol. The summed E-state index contributed by atoms with van der Waals surface area (Å²) in [5, 5.41) is 17.8. The standard InChI is InChI=1S/C12H15N3O3/c1-8-7-18-10(6-16)5-15(8)12(17)11-3-2-9(4-13)14-11/h2-3,8,10,14,16H,5-7H2,1H3. The van der Waals surface area contributed by atoms with Crippen molar-refractivity contribution in [2.45, 2.75) is 19.1 Å². The van der Waals surface area contributed by atoms with Crippen LogP contribution < -0.4 is 0 Å². The molecule has 6 heteroatoms. The van der Waals surface area contributed by atoms with Crippen LogP contribution in [0.5, 0.6) is 0 Å². The minimum absolute atomic E-state index is 0.0471. The highest BCUT2D eigenvalue weighted by Gasteiger charge is 2.30. The van der Waals surface area contributed by atoms with Crippen molar-refractivity contribution in [2.75, 3.05) is 19.8 Å². The maximum Gasteiger partial charge on any atom is 0.270 e. The average molecular weight is 249 g/mol. The first kappa shape index (κ1) is 12.6. The molecule has 96 valence electrons. The Morgan fingerprint density at radius 3 is 3.11 bits per heavy atom. The molecule has 1 saturated heterocycles. The van der Waals surface area contributed by atoms with E-state index in [0.717, 1.165) is 0 Å². The summed E-state index contributed by atoms with van der Waals surface area (Å²) in [7, 11) is 0. The lowest BCUT2D eigenvalue weighted by Gasteiger charge is -2.37. The minimum atomic E-state index is -0.337. The topological polar surface area (TPSA) is 89.3 Å². The summed E-state index contributed by atoms with van der Waals surface area (Å²) in [6.45, 7) is 2.55. The Bertz CT molecular complexity index is 477. The van der Waals surface area contributed by atoms with E-state index in [1.54, 1.807) is 17.0 Å². The molecule has 1 amide bonds. The van der Waals surface area contributed by atoms with Crippen molar-refractivity contribution in [2.24, 2.45) is 0 Å². The van der Waals surface area contributed by atoms with Crippen LogP contribution in [0, 0.1) is 11.3 Å². The molecule has 2 atom stereocenters. The lowest BCUT2D eigenvalue weighted by atomic mass is 10.2. The van der Waals surface area contributed by atoms with E-state index in [4.69, 9.17) is 15.1 Å². The molecule has 1 fully saturated rings. The highest BCUT2D eigenvalue weighted by atomic mass is 16.5. The minimum Gasteiger partial charge on any atom is -0.394 e. The van der Waals surface area contributed by atoms with Gasteiger partial charge in [-0.05, 0) is 19.1 Å². The van der Waals surface area contributed by atoms with Crippen molar-refractivity contribution in [1.82, 2.24) is 9.88 Å².